The molecule has 0 atom stereocenters. The molecule has 4 amide bonds. The number of carbonyl (C=O) groups excluding carboxylic acids is 3. The van der Waals surface area contributed by atoms with Gasteiger partial charge in [0, 0.05) is 28.7 Å². The molecule has 2 aliphatic rings. The molecule has 1 saturated carbocycles. The molecule has 3 rings (SSSR count). The fraction of sp³-hybridized carbons (Fsp3) is 0.438. The fourth-order valence-corrected chi connectivity index (χ4v) is 3.79. The highest BCUT2D eigenvalue weighted by Gasteiger charge is 2.52. The van der Waals surface area contributed by atoms with Gasteiger partial charge in [-0.05, 0) is 31.0 Å². The maximum Gasteiger partial charge on any atom is 0.325 e. The predicted molar refractivity (Wildman–Crippen MR) is 91.2 cm³/mol. The summed E-state index contributed by atoms with van der Waals surface area (Å²) in [6.07, 6.45) is 3.20. The highest BCUT2D eigenvalue weighted by Crippen LogP contribution is 2.35. The summed E-state index contributed by atoms with van der Waals surface area (Å²) in [5, 5.41) is 6.27. The number of imide groups is 1. The highest BCUT2D eigenvalue weighted by molar-refractivity contribution is 6.35. The van der Waals surface area contributed by atoms with E-state index in [2.05, 4.69) is 10.6 Å². The first-order valence-corrected chi connectivity index (χ1v) is 8.55. The zero-order valence-corrected chi connectivity index (χ0v) is 14.4. The van der Waals surface area contributed by atoms with Gasteiger partial charge in [-0.15, -0.1) is 0 Å². The molecule has 1 aromatic rings. The maximum atomic E-state index is 12.5. The predicted octanol–water partition coefficient (Wildman–Crippen LogP) is 3.19. The lowest BCUT2D eigenvalue weighted by Gasteiger charge is -2.19. The van der Waals surface area contributed by atoms with Gasteiger partial charge in [-0.3, -0.25) is 14.5 Å². The Morgan fingerprint density at radius 3 is 2.42 bits per heavy atom. The minimum absolute atomic E-state index is 0.0133. The van der Waals surface area contributed by atoms with E-state index in [0.29, 0.717) is 28.6 Å². The van der Waals surface area contributed by atoms with Gasteiger partial charge in [-0.1, -0.05) is 36.0 Å². The number of nitrogens with one attached hydrogen (secondary N) is 2. The number of amides is 4. The van der Waals surface area contributed by atoms with Crippen molar-refractivity contribution in [2.45, 2.75) is 37.6 Å². The van der Waals surface area contributed by atoms with Gasteiger partial charge in [0.2, 0.25) is 5.91 Å². The zero-order chi connectivity index (χ0) is 17.3. The van der Waals surface area contributed by atoms with E-state index in [1.165, 1.54) is 0 Å². The molecule has 0 bridgehead atoms. The van der Waals surface area contributed by atoms with Crippen LogP contribution in [0.4, 0.5) is 10.5 Å². The van der Waals surface area contributed by atoms with Crippen LogP contribution in [0.3, 0.4) is 0 Å². The van der Waals surface area contributed by atoms with Crippen molar-refractivity contribution in [3.05, 3.63) is 28.2 Å². The molecule has 0 radical (unpaired) electrons. The van der Waals surface area contributed by atoms with Gasteiger partial charge in [-0.2, -0.15) is 0 Å². The molecule has 6 nitrogen and oxygen atoms in total. The van der Waals surface area contributed by atoms with Crippen molar-refractivity contribution < 1.29 is 14.4 Å². The summed E-state index contributed by atoms with van der Waals surface area (Å²) in [7, 11) is 0. The van der Waals surface area contributed by atoms with E-state index in [1.807, 2.05) is 0 Å². The molecule has 1 aromatic carbocycles. The van der Waals surface area contributed by atoms with Crippen molar-refractivity contribution >= 4 is 46.7 Å². The Kier molecular flexibility index (Phi) is 4.69. The second-order valence-corrected chi connectivity index (χ2v) is 7.01. The molecule has 8 heteroatoms. The number of benzene rings is 1. The average molecular weight is 370 g/mol. The zero-order valence-electron chi connectivity index (χ0n) is 12.9. The molecule has 1 aliphatic carbocycles. The van der Waals surface area contributed by atoms with E-state index in [0.717, 1.165) is 17.7 Å². The van der Waals surface area contributed by atoms with E-state index >= 15 is 0 Å². The number of anilines is 1. The summed E-state index contributed by atoms with van der Waals surface area (Å²) in [4.78, 5) is 37.7. The molecule has 1 spiro atoms. The highest BCUT2D eigenvalue weighted by atomic mass is 35.5. The van der Waals surface area contributed by atoms with Crippen molar-refractivity contribution in [3.8, 4) is 0 Å². The summed E-state index contributed by atoms with van der Waals surface area (Å²) in [6.45, 7) is 0.0482. The fourth-order valence-electron chi connectivity index (χ4n) is 3.26. The lowest BCUT2D eigenvalue weighted by atomic mass is 9.98. The monoisotopic (exact) mass is 369 g/mol. The van der Waals surface area contributed by atoms with Crippen molar-refractivity contribution in [1.29, 1.82) is 0 Å². The number of rotatable bonds is 4. The molecular weight excluding hydrogens is 353 g/mol. The second-order valence-electron chi connectivity index (χ2n) is 6.13. The summed E-state index contributed by atoms with van der Waals surface area (Å²) in [5.41, 5.74) is -0.268. The molecule has 2 fully saturated rings. The molecule has 2 N–H and O–H groups in total. The van der Waals surface area contributed by atoms with Crippen molar-refractivity contribution in [1.82, 2.24) is 10.2 Å². The summed E-state index contributed by atoms with van der Waals surface area (Å²) in [5.74, 6) is -0.537. The Balaban J connectivity index is 1.58. The minimum Gasteiger partial charge on any atom is -0.326 e. The SMILES string of the molecule is O=C(CCN1C(=O)NC2(CCCC2)C1=O)Nc1cc(Cl)cc(Cl)c1. The van der Waals surface area contributed by atoms with Crippen LogP contribution >= 0.6 is 23.2 Å². The lowest BCUT2D eigenvalue weighted by Crippen LogP contribution is -2.44. The van der Waals surface area contributed by atoms with Gasteiger partial charge in [0.15, 0.2) is 0 Å². The number of carbonyl (C=O) groups is 3. The van der Waals surface area contributed by atoms with Crippen molar-refractivity contribution in [2.24, 2.45) is 0 Å². The molecule has 1 heterocycles. The minimum atomic E-state index is -0.742. The Labute approximate surface area is 149 Å². The van der Waals surface area contributed by atoms with Crippen LogP contribution in [0.5, 0.6) is 0 Å². The van der Waals surface area contributed by atoms with Crippen LogP contribution in [-0.2, 0) is 9.59 Å². The second kappa shape index (κ2) is 6.61. The van der Waals surface area contributed by atoms with Crippen molar-refractivity contribution in [3.63, 3.8) is 0 Å². The third kappa shape index (κ3) is 3.35. The molecule has 1 aliphatic heterocycles. The van der Waals surface area contributed by atoms with Crippen LogP contribution in [0.25, 0.3) is 0 Å². The third-order valence-corrected chi connectivity index (χ3v) is 4.85. The Bertz CT molecular complexity index is 682. The molecule has 128 valence electrons. The van der Waals surface area contributed by atoms with Crippen LogP contribution in [-0.4, -0.2) is 34.8 Å². The van der Waals surface area contributed by atoms with Crippen molar-refractivity contribution in [2.75, 3.05) is 11.9 Å². The van der Waals surface area contributed by atoms with Gasteiger partial charge in [-0.25, -0.2) is 4.79 Å². The standard InChI is InChI=1S/C16H17Cl2N3O3/c17-10-7-11(18)9-12(8-10)19-13(22)3-6-21-14(23)16(20-15(21)24)4-1-2-5-16/h7-9H,1-6H2,(H,19,22)(H,20,24). The first-order chi connectivity index (χ1) is 11.4. The summed E-state index contributed by atoms with van der Waals surface area (Å²) >= 11 is 11.8. The molecule has 1 saturated heterocycles. The smallest absolute Gasteiger partial charge is 0.325 e. The Hall–Kier alpha value is -1.79. The lowest BCUT2D eigenvalue weighted by molar-refractivity contribution is -0.131. The molecule has 0 unspecified atom stereocenters. The van der Waals surface area contributed by atoms with Gasteiger partial charge in [0.05, 0.1) is 0 Å². The van der Waals surface area contributed by atoms with E-state index in [4.69, 9.17) is 23.2 Å². The maximum absolute atomic E-state index is 12.5. The summed E-state index contributed by atoms with van der Waals surface area (Å²) in [6, 6.07) is 4.30. The molecular formula is C16H17Cl2N3O3. The molecule has 24 heavy (non-hydrogen) atoms. The topological polar surface area (TPSA) is 78.5 Å². The van der Waals surface area contributed by atoms with Crippen LogP contribution in [0.2, 0.25) is 10.0 Å². The van der Waals surface area contributed by atoms with E-state index in [1.54, 1.807) is 18.2 Å². The number of hydrogen-bond acceptors (Lipinski definition) is 3. The van der Waals surface area contributed by atoms with Gasteiger partial charge >= 0.3 is 6.03 Å². The van der Waals surface area contributed by atoms with Crippen LogP contribution in [0.15, 0.2) is 18.2 Å². The first-order valence-electron chi connectivity index (χ1n) is 7.80. The first kappa shape index (κ1) is 17.0. The third-order valence-electron chi connectivity index (χ3n) is 4.41. The number of hydrogen-bond donors (Lipinski definition) is 2. The number of nitrogens with zero attached hydrogens (tertiary/aromatic N) is 1. The van der Waals surface area contributed by atoms with Crippen LogP contribution in [0, 0.1) is 0 Å². The largest absolute Gasteiger partial charge is 0.326 e. The van der Waals surface area contributed by atoms with Crippen LogP contribution in [0.1, 0.15) is 32.1 Å². The van der Waals surface area contributed by atoms with Gasteiger partial charge in [0.25, 0.3) is 5.91 Å². The average Bonchev–Trinajstić information content (AvgIpc) is 3.03. The van der Waals surface area contributed by atoms with E-state index in [-0.39, 0.29) is 24.8 Å². The quantitative estimate of drug-likeness (QED) is 0.799. The van der Waals surface area contributed by atoms with E-state index < -0.39 is 11.6 Å². The number of halogens is 2. The van der Waals surface area contributed by atoms with Crippen LogP contribution < -0.4 is 10.6 Å². The summed E-state index contributed by atoms with van der Waals surface area (Å²) < 4.78 is 0. The van der Waals surface area contributed by atoms with Gasteiger partial charge in [0.1, 0.15) is 5.54 Å². The molecule has 0 aromatic heterocycles. The Morgan fingerprint density at radius 2 is 1.79 bits per heavy atom. The normalized spacial score (nSPS) is 19.0. The Morgan fingerprint density at radius 1 is 1.17 bits per heavy atom. The van der Waals surface area contributed by atoms with Gasteiger partial charge < -0.3 is 10.6 Å². The van der Waals surface area contributed by atoms with E-state index in [9.17, 15) is 14.4 Å². The number of urea groups is 1.